The van der Waals surface area contributed by atoms with Gasteiger partial charge in [0.1, 0.15) is 23.9 Å². The second-order valence-electron chi connectivity index (χ2n) is 10.0. The fourth-order valence-electron chi connectivity index (χ4n) is 5.12. The number of carbonyl (C=O) groups excluding carboxylic acids is 2. The highest BCUT2D eigenvalue weighted by Gasteiger charge is 2.33. The third kappa shape index (κ3) is 6.46. The second kappa shape index (κ2) is 13.3. The van der Waals surface area contributed by atoms with Crippen LogP contribution in [-0.4, -0.2) is 72.3 Å². The predicted molar refractivity (Wildman–Crippen MR) is 155 cm³/mol. The first kappa shape index (κ1) is 28.9. The maximum atomic E-state index is 14.2. The van der Waals surface area contributed by atoms with E-state index in [0.717, 1.165) is 23.9 Å². The Balaban J connectivity index is 1.54. The highest BCUT2D eigenvalue weighted by molar-refractivity contribution is 5.89. The third-order valence-electron chi connectivity index (χ3n) is 7.35. The molecule has 0 radical (unpaired) electrons. The van der Waals surface area contributed by atoms with Crippen molar-refractivity contribution in [3.8, 4) is 17.2 Å². The van der Waals surface area contributed by atoms with E-state index in [4.69, 9.17) is 18.9 Å². The molecule has 0 aliphatic carbocycles. The van der Waals surface area contributed by atoms with Gasteiger partial charge < -0.3 is 29.2 Å². The van der Waals surface area contributed by atoms with Gasteiger partial charge in [0.15, 0.2) is 11.5 Å². The summed E-state index contributed by atoms with van der Waals surface area (Å²) in [6.45, 7) is 1.07. The molecule has 5 rings (SSSR count). The topological polar surface area (TPSA) is 117 Å². The van der Waals surface area contributed by atoms with Crippen molar-refractivity contribution in [1.82, 2.24) is 25.2 Å². The van der Waals surface area contributed by atoms with Crippen LogP contribution in [0.25, 0.3) is 11.0 Å². The molecule has 1 aliphatic rings. The summed E-state index contributed by atoms with van der Waals surface area (Å²) in [7, 11) is 4.67. The lowest BCUT2D eigenvalue weighted by Gasteiger charge is -2.32. The molecule has 1 aromatic heterocycles. The maximum absolute atomic E-state index is 14.2. The van der Waals surface area contributed by atoms with Crippen molar-refractivity contribution in [2.24, 2.45) is 0 Å². The van der Waals surface area contributed by atoms with Gasteiger partial charge in [-0.3, -0.25) is 9.59 Å². The Morgan fingerprint density at radius 2 is 1.81 bits per heavy atom. The van der Waals surface area contributed by atoms with Crippen LogP contribution in [0.5, 0.6) is 17.2 Å². The number of methoxy groups -OCH3 is 3. The van der Waals surface area contributed by atoms with Crippen molar-refractivity contribution in [3.63, 3.8) is 0 Å². The van der Waals surface area contributed by atoms with E-state index in [2.05, 4.69) is 15.6 Å². The molecule has 1 aliphatic heterocycles. The quantitative estimate of drug-likeness (QED) is 0.274. The van der Waals surface area contributed by atoms with Crippen molar-refractivity contribution in [1.29, 1.82) is 0 Å². The molecule has 42 heavy (non-hydrogen) atoms. The molecule has 4 aromatic rings. The third-order valence-corrected chi connectivity index (χ3v) is 7.35. The summed E-state index contributed by atoms with van der Waals surface area (Å²) in [6.07, 6.45) is 1.76. The summed E-state index contributed by atoms with van der Waals surface area (Å²) in [5.41, 5.74) is 2.80. The number of rotatable bonds is 12. The van der Waals surface area contributed by atoms with Gasteiger partial charge in [0, 0.05) is 19.7 Å². The van der Waals surface area contributed by atoms with Crippen LogP contribution in [0.2, 0.25) is 0 Å². The van der Waals surface area contributed by atoms with Crippen molar-refractivity contribution >= 4 is 22.8 Å². The number of benzene rings is 3. The number of carbonyl (C=O) groups is 2. The number of para-hydroxylation sites is 1. The van der Waals surface area contributed by atoms with E-state index in [0.29, 0.717) is 41.5 Å². The molecule has 1 N–H and O–H groups in total. The number of amides is 2. The molecule has 2 heterocycles. The molecule has 2 amide bonds. The number of hydrogen-bond acceptors (Lipinski definition) is 8. The van der Waals surface area contributed by atoms with E-state index in [1.54, 1.807) is 42.0 Å². The zero-order valence-electron chi connectivity index (χ0n) is 24.0. The molecule has 1 saturated heterocycles. The zero-order valence-corrected chi connectivity index (χ0v) is 24.0. The number of ether oxygens (including phenoxy) is 4. The number of fused-ring (bicyclic) bond motifs is 1. The van der Waals surface area contributed by atoms with Crippen LogP contribution >= 0.6 is 0 Å². The van der Waals surface area contributed by atoms with Gasteiger partial charge in [-0.1, -0.05) is 35.5 Å². The van der Waals surface area contributed by atoms with Gasteiger partial charge in [-0.05, 0) is 60.4 Å². The number of nitrogens with one attached hydrogen (secondary N) is 1. The lowest BCUT2D eigenvalue weighted by Crippen LogP contribution is -2.46. The number of nitrogens with zero attached hydrogens (tertiary/aromatic N) is 4. The largest absolute Gasteiger partial charge is 0.497 e. The molecule has 1 fully saturated rings. The van der Waals surface area contributed by atoms with Crippen LogP contribution < -0.4 is 19.5 Å². The van der Waals surface area contributed by atoms with E-state index in [-0.39, 0.29) is 31.0 Å². The van der Waals surface area contributed by atoms with Crippen LogP contribution in [0.3, 0.4) is 0 Å². The smallest absolute Gasteiger partial charge is 0.247 e. The first-order chi connectivity index (χ1) is 20.5. The molecular weight excluding hydrogens is 538 g/mol. The fraction of sp³-hybridized carbons (Fsp3) is 0.355. The Kier molecular flexibility index (Phi) is 9.18. The highest BCUT2D eigenvalue weighted by atomic mass is 16.5. The maximum Gasteiger partial charge on any atom is 0.247 e. The van der Waals surface area contributed by atoms with Crippen molar-refractivity contribution in [2.45, 2.75) is 38.1 Å². The van der Waals surface area contributed by atoms with E-state index >= 15 is 0 Å². The molecule has 11 heteroatoms. The monoisotopic (exact) mass is 573 g/mol. The van der Waals surface area contributed by atoms with E-state index in [9.17, 15) is 9.59 Å². The Morgan fingerprint density at radius 1 is 1.02 bits per heavy atom. The summed E-state index contributed by atoms with van der Waals surface area (Å²) in [5.74, 6) is 1.01. The summed E-state index contributed by atoms with van der Waals surface area (Å²) in [5, 5.41) is 11.4. The molecule has 0 spiro atoms. The minimum Gasteiger partial charge on any atom is -0.497 e. The highest BCUT2D eigenvalue weighted by Crippen LogP contribution is 2.33. The van der Waals surface area contributed by atoms with Crippen molar-refractivity contribution < 1.29 is 28.5 Å². The van der Waals surface area contributed by atoms with Crippen molar-refractivity contribution in [2.75, 3.05) is 34.5 Å². The lowest BCUT2D eigenvalue weighted by atomic mass is 10.0. The van der Waals surface area contributed by atoms with Crippen LogP contribution in [0.4, 0.5) is 0 Å². The van der Waals surface area contributed by atoms with Crippen LogP contribution in [0.15, 0.2) is 66.7 Å². The normalized spacial score (nSPS) is 15.3. The Labute approximate surface area is 244 Å². The zero-order chi connectivity index (χ0) is 29.5. The van der Waals surface area contributed by atoms with E-state index < -0.39 is 6.04 Å². The summed E-state index contributed by atoms with van der Waals surface area (Å²) in [4.78, 5) is 29.8. The first-order valence-electron chi connectivity index (χ1n) is 13.8. The minimum absolute atomic E-state index is 0.0627. The standard InChI is InChI=1S/C31H35N5O6/c1-39-23-13-10-21(11-14-23)19-35(29(37)20-36-26-9-5-4-8-25(26)33-34-36)30(31(38)32-18-24-7-6-16-42-24)22-12-15-27(40-2)28(17-22)41-3/h4-5,8-15,17,24,30H,6-7,16,18-20H2,1-3H3,(H,32,38)/t24-,30-/m0/s1. The van der Waals surface area contributed by atoms with Crippen LogP contribution in [0, 0.1) is 0 Å². The van der Waals surface area contributed by atoms with Gasteiger partial charge in [0.25, 0.3) is 0 Å². The molecule has 0 saturated carbocycles. The number of aromatic nitrogens is 3. The van der Waals surface area contributed by atoms with Crippen LogP contribution in [-0.2, 0) is 27.4 Å². The average molecular weight is 574 g/mol. The lowest BCUT2D eigenvalue weighted by molar-refractivity contribution is -0.142. The molecule has 0 unspecified atom stereocenters. The van der Waals surface area contributed by atoms with Crippen LogP contribution in [0.1, 0.15) is 30.0 Å². The molecule has 11 nitrogen and oxygen atoms in total. The molecule has 3 aromatic carbocycles. The van der Waals surface area contributed by atoms with Crippen molar-refractivity contribution in [3.05, 3.63) is 77.9 Å². The Bertz CT molecular complexity index is 1520. The minimum atomic E-state index is -0.990. The Morgan fingerprint density at radius 3 is 2.52 bits per heavy atom. The predicted octanol–water partition coefficient (Wildman–Crippen LogP) is 3.52. The van der Waals surface area contributed by atoms with Gasteiger partial charge in [-0.25, -0.2) is 4.68 Å². The van der Waals surface area contributed by atoms with E-state index in [1.165, 1.54) is 7.11 Å². The number of hydrogen-bond donors (Lipinski definition) is 1. The summed E-state index contributed by atoms with van der Waals surface area (Å²) >= 11 is 0. The van der Waals surface area contributed by atoms with Gasteiger partial charge in [-0.15, -0.1) is 5.10 Å². The molecule has 0 bridgehead atoms. The summed E-state index contributed by atoms with van der Waals surface area (Å²) < 4.78 is 23.6. The SMILES string of the molecule is COc1ccc(CN(C(=O)Cn2nnc3ccccc32)[C@H](C(=O)NC[C@@H]2CCCO2)c2ccc(OC)c(OC)c2)cc1. The van der Waals surface area contributed by atoms with Gasteiger partial charge in [0.2, 0.25) is 11.8 Å². The second-order valence-corrected chi connectivity index (χ2v) is 10.0. The van der Waals surface area contributed by atoms with Gasteiger partial charge in [-0.2, -0.15) is 0 Å². The molecule has 2 atom stereocenters. The molecular formula is C31H35N5O6. The Hall–Kier alpha value is -4.64. The average Bonchev–Trinajstić information content (AvgIpc) is 3.70. The molecule has 220 valence electrons. The van der Waals surface area contributed by atoms with Gasteiger partial charge in [0.05, 0.1) is 33.0 Å². The first-order valence-corrected chi connectivity index (χ1v) is 13.8. The summed E-state index contributed by atoms with van der Waals surface area (Å²) in [6, 6.07) is 19.1. The van der Waals surface area contributed by atoms with E-state index in [1.807, 2.05) is 48.5 Å². The van der Waals surface area contributed by atoms with Gasteiger partial charge >= 0.3 is 0 Å². The fourth-order valence-corrected chi connectivity index (χ4v) is 5.12.